The van der Waals surface area contributed by atoms with Crippen molar-refractivity contribution in [3.63, 3.8) is 0 Å². The molecule has 0 radical (unpaired) electrons. The molecule has 0 saturated carbocycles. The highest BCUT2D eigenvalue weighted by molar-refractivity contribution is 5.71. The number of esters is 3. The van der Waals surface area contributed by atoms with Crippen LogP contribution in [0.25, 0.3) is 0 Å². The molecule has 6 nitrogen and oxygen atoms in total. The predicted octanol–water partition coefficient (Wildman–Crippen LogP) is 23.9. The van der Waals surface area contributed by atoms with Crippen LogP contribution < -0.4 is 0 Å². The fourth-order valence-electron chi connectivity index (χ4n) is 10.2. The Balaban J connectivity index is 4.33. The fraction of sp³-hybridized carbons (Fsp3) is 0.822. The Labute approximate surface area is 491 Å². The Morgan fingerprint density at radius 1 is 0.253 bits per heavy atom. The van der Waals surface area contributed by atoms with Gasteiger partial charge in [-0.3, -0.25) is 14.4 Å². The largest absolute Gasteiger partial charge is 0.462 e. The van der Waals surface area contributed by atoms with E-state index in [1.807, 2.05) is 0 Å². The molecule has 0 bridgehead atoms. The maximum absolute atomic E-state index is 12.9. The van der Waals surface area contributed by atoms with E-state index in [0.29, 0.717) is 19.3 Å². The van der Waals surface area contributed by atoms with Crippen LogP contribution >= 0.6 is 0 Å². The quantitative estimate of drug-likeness (QED) is 0.0261. The van der Waals surface area contributed by atoms with Crippen molar-refractivity contribution in [1.82, 2.24) is 0 Å². The number of ether oxygens (including phenoxy) is 3. The smallest absolute Gasteiger partial charge is 0.306 e. The molecule has 0 fully saturated rings. The molecular formula is C73H132O6. The lowest BCUT2D eigenvalue weighted by atomic mass is 10.0. The third kappa shape index (κ3) is 65.8. The molecular weight excluding hydrogens is 973 g/mol. The van der Waals surface area contributed by atoms with E-state index in [4.69, 9.17) is 14.2 Å². The molecule has 6 heteroatoms. The average molecular weight is 1110 g/mol. The van der Waals surface area contributed by atoms with Gasteiger partial charge in [0.15, 0.2) is 6.10 Å². The highest BCUT2D eigenvalue weighted by Crippen LogP contribution is 2.17. The van der Waals surface area contributed by atoms with Crippen molar-refractivity contribution in [2.24, 2.45) is 0 Å². The van der Waals surface area contributed by atoms with E-state index in [0.717, 1.165) is 83.5 Å². The van der Waals surface area contributed by atoms with E-state index in [1.54, 1.807) is 0 Å². The van der Waals surface area contributed by atoms with E-state index >= 15 is 0 Å². The molecule has 0 aliphatic carbocycles. The van der Waals surface area contributed by atoms with Crippen molar-refractivity contribution in [1.29, 1.82) is 0 Å². The number of carbonyl (C=O) groups excluding carboxylic acids is 3. The second-order valence-corrected chi connectivity index (χ2v) is 23.4. The summed E-state index contributed by atoms with van der Waals surface area (Å²) in [5.74, 6) is -0.874. The molecule has 1 atom stereocenters. The van der Waals surface area contributed by atoms with Gasteiger partial charge in [-0.15, -0.1) is 0 Å². The third-order valence-electron chi connectivity index (χ3n) is 15.5. The van der Waals surface area contributed by atoms with Crippen LogP contribution in [0.4, 0.5) is 0 Å². The van der Waals surface area contributed by atoms with Gasteiger partial charge in [0.1, 0.15) is 13.2 Å². The van der Waals surface area contributed by atoms with Crippen LogP contribution in [0.2, 0.25) is 0 Å². The minimum atomic E-state index is -0.784. The van der Waals surface area contributed by atoms with Crippen molar-refractivity contribution in [3.05, 3.63) is 60.8 Å². The molecule has 0 spiro atoms. The van der Waals surface area contributed by atoms with Crippen LogP contribution in [0.1, 0.15) is 367 Å². The fourth-order valence-corrected chi connectivity index (χ4v) is 10.2. The van der Waals surface area contributed by atoms with Crippen molar-refractivity contribution in [2.45, 2.75) is 374 Å². The summed E-state index contributed by atoms with van der Waals surface area (Å²) in [5, 5.41) is 0. The van der Waals surface area contributed by atoms with Gasteiger partial charge in [0.05, 0.1) is 0 Å². The summed E-state index contributed by atoms with van der Waals surface area (Å²) in [6.45, 7) is 6.65. The Morgan fingerprint density at radius 3 is 0.747 bits per heavy atom. The second-order valence-electron chi connectivity index (χ2n) is 23.4. The molecule has 0 N–H and O–H groups in total. The zero-order chi connectivity index (χ0) is 57.1. The first-order valence-electron chi connectivity index (χ1n) is 34.8. The number of hydrogen-bond acceptors (Lipinski definition) is 6. The highest BCUT2D eigenvalue weighted by Gasteiger charge is 2.19. The predicted molar refractivity (Wildman–Crippen MR) is 344 cm³/mol. The van der Waals surface area contributed by atoms with E-state index in [1.165, 1.54) is 244 Å². The Bertz CT molecular complexity index is 1410. The van der Waals surface area contributed by atoms with E-state index in [9.17, 15) is 14.4 Å². The first-order chi connectivity index (χ1) is 39.0. The molecule has 0 rings (SSSR count). The van der Waals surface area contributed by atoms with Crippen LogP contribution in [-0.4, -0.2) is 37.2 Å². The van der Waals surface area contributed by atoms with Crippen LogP contribution in [-0.2, 0) is 28.6 Å². The molecule has 0 amide bonds. The zero-order valence-electron chi connectivity index (χ0n) is 52.9. The number of carbonyl (C=O) groups is 3. The molecule has 0 aromatic rings. The van der Waals surface area contributed by atoms with E-state index < -0.39 is 6.10 Å². The summed E-state index contributed by atoms with van der Waals surface area (Å²) in [6.07, 6.45) is 86.6. The molecule has 1 unspecified atom stereocenters. The van der Waals surface area contributed by atoms with Gasteiger partial charge in [-0.1, -0.05) is 300 Å². The van der Waals surface area contributed by atoms with Crippen LogP contribution in [0, 0.1) is 0 Å². The molecule has 0 saturated heterocycles. The summed E-state index contributed by atoms with van der Waals surface area (Å²) in [5.41, 5.74) is 0. The van der Waals surface area contributed by atoms with Gasteiger partial charge >= 0.3 is 17.9 Å². The first kappa shape index (κ1) is 76.1. The first-order valence-corrected chi connectivity index (χ1v) is 34.8. The van der Waals surface area contributed by atoms with Gasteiger partial charge in [-0.05, 0) is 109 Å². The molecule has 0 aliphatic rings. The standard InChI is InChI=1S/C73H132O6/c1-4-7-10-13-16-19-22-25-28-31-33-34-35-36-37-38-40-42-45-48-51-54-57-60-63-66-72(75)78-69-70(68-77-71(74)65-62-59-56-53-50-47-44-41-30-27-24-21-18-15-12-9-6-3)79-73(76)67-64-61-58-55-52-49-46-43-39-32-29-26-23-20-17-14-11-8-5-2/h17,20,26-27,29-31,33,39,43,70H,4-16,18-19,21-25,28,32,34-38,40-42,44-69H2,1-3H3/b20-17-,29-26-,30-27-,33-31-,43-39-. The summed E-state index contributed by atoms with van der Waals surface area (Å²) in [4.78, 5) is 38.4. The summed E-state index contributed by atoms with van der Waals surface area (Å²) in [7, 11) is 0. The SMILES string of the molecule is CCCCC/C=C\C/C=C\C/C=C\CCCCCCCCC(=O)OC(COC(=O)CCCCCCCCC/C=C\CCCCCCCC)COC(=O)CCCCCCCCCCCCCCC/C=C\CCCCCCCCCC. The maximum Gasteiger partial charge on any atom is 0.306 e. The number of rotatable bonds is 64. The normalized spacial score (nSPS) is 12.4. The van der Waals surface area contributed by atoms with Gasteiger partial charge in [-0.25, -0.2) is 0 Å². The number of allylic oxidation sites excluding steroid dienone is 10. The summed E-state index contributed by atoms with van der Waals surface area (Å²) >= 11 is 0. The van der Waals surface area contributed by atoms with Gasteiger partial charge in [0.25, 0.3) is 0 Å². The third-order valence-corrected chi connectivity index (χ3v) is 15.5. The Kier molecular flexibility index (Phi) is 65.1. The van der Waals surface area contributed by atoms with Crippen LogP contribution in [0.5, 0.6) is 0 Å². The minimum absolute atomic E-state index is 0.0785. The molecule has 79 heavy (non-hydrogen) atoms. The van der Waals surface area contributed by atoms with Gasteiger partial charge in [0, 0.05) is 19.3 Å². The van der Waals surface area contributed by atoms with Crippen molar-refractivity contribution < 1.29 is 28.6 Å². The average Bonchev–Trinajstić information content (AvgIpc) is 3.45. The minimum Gasteiger partial charge on any atom is -0.462 e. The van der Waals surface area contributed by atoms with Crippen LogP contribution in [0.3, 0.4) is 0 Å². The number of hydrogen-bond donors (Lipinski definition) is 0. The molecule has 0 heterocycles. The molecule has 0 aromatic heterocycles. The van der Waals surface area contributed by atoms with Crippen LogP contribution in [0.15, 0.2) is 60.8 Å². The lowest BCUT2D eigenvalue weighted by Crippen LogP contribution is -2.30. The second kappa shape index (κ2) is 67.6. The van der Waals surface area contributed by atoms with Crippen molar-refractivity contribution in [3.8, 4) is 0 Å². The lowest BCUT2D eigenvalue weighted by molar-refractivity contribution is -0.167. The molecule has 460 valence electrons. The van der Waals surface area contributed by atoms with Crippen molar-refractivity contribution >= 4 is 17.9 Å². The summed E-state index contributed by atoms with van der Waals surface area (Å²) in [6, 6.07) is 0. The molecule has 0 aromatic carbocycles. The Hall–Kier alpha value is -2.89. The lowest BCUT2D eigenvalue weighted by Gasteiger charge is -2.18. The monoisotopic (exact) mass is 1110 g/mol. The van der Waals surface area contributed by atoms with Gasteiger partial charge in [-0.2, -0.15) is 0 Å². The Morgan fingerprint density at radius 2 is 0.456 bits per heavy atom. The van der Waals surface area contributed by atoms with E-state index in [2.05, 4.69) is 81.5 Å². The van der Waals surface area contributed by atoms with Gasteiger partial charge in [0.2, 0.25) is 0 Å². The van der Waals surface area contributed by atoms with E-state index in [-0.39, 0.29) is 31.1 Å². The zero-order valence-corrected chi connectivity index (χ0v) is 52.9. The van der Waals surface area contributed by atoms with Crippen molar-refractivity contribution in [2.75, 3.05) is 13.2 Å². The summed E-state index contributed by atoms with van der Waals surface area (Å²) < 4.78 is 17.0. The topological polar surface area (TPSA) is 78.9 Å². The molecule has 0 aliphatic heterocycles. The number of unbranched alkanes of at least 4 members (excludes halogenated alkanes) is 43. The maximum atomic E-state index is 12.9. The highest BCUT2D eigenvalue weighted by atomic mass is 16.6. The van der Waals surface area contributed by atoms with Gasteiger partial charge < -0.3 is 14.2 Å².